The standard InChI is InChI=1S/C18H25ClN4O2S/c1-18(2,11-19)17(24)23-9-4-5-14(23)13-7-6-12-15(20-8-10-25-3)22-26-16(12)21-13/h6-7,14H,4-5,8-11H2,1-3H3,(H,20,22). The van der Waals surface area contributed by atoms with Crippen LogP contribution in [0.5, 0.6) is 0 Å². The van der Waals surface area contributed by atoms with Crippen molar-refractivity contribution in [3.05, 3.63) is 17.8 Å². The summed E-state index contributed by atoms with van der Waals surface area (Å²) in [5.41, 5.74) is 0.373. The highest BCUT2D eigenvalue weighted by molar-refractivity contribution is 7.13. The molecule has 0 aromatic carbocycles. The first kappa shape index (κ1) is 19.3. The normalized spacial score (nSPS) is 17.8. The second-order valence-corrected chi connectivity index (χ2v) is 8.23. The zero-order valence-electron chi connectivity index (χ0n) is 15.4. The Bertz CT molecular complexity index is 780. The molecule has 142 valence electrons. The molecule has 1 amide bonds. The quantitative estimate of drug-likeness (QED) is 0.571. The first-order valence-corrected chi connectivity index (χ1v) is 10.1. The molecule has 8 heteroatoms. The van der Waals surface area contributed by atoms with Gasteiger partial charge in [-0.05, 0) is 50.4 Å². The maximum Gasteiger partial charge on any atom is 0.229 e. The van der Waals surface area contributed by atoms with Crippen LogP contribution in [0.3, 0.4) is 0 Å². The van der Waals surface area contributed by atoms with Gasteiger partial charge in [-0.3, -0.25) is 4.79 Å². The van der Waals surface area contributed by atoms with Gasteiger partial charge in [0.05, 0.1) is 29.1 Å². The Kier molecular flexibility index (Phi) is 5.99. The van der Waals surface area contributed by atoms with E-state index in [2.05, 4.69) is 9.69 Å². The molecule has 1 N–H and O–H groups in total. The van der Waals surface area contributed by atoms with Crippen molar-refractivity contribution < 1.29 is 9.53 Å². The molecule has 3 heterocycles. The van der Waals surface area contributed by atoms with Gasteiger partial charge in [0.2, 0.25) is 5.91 Å². The lowest BCUT2D eigenvalue weighted by atomic mass is 9.93. The summed E-state index contributed by atoms with van der Waals surface area (Å²) in [6.45, 7) is 5.89. The van der Waals surface area contributed by atoms with Gasteiger partial charge in [-0.15, -0.1) is 11.6 Å². The van der Waals surface area contributed by atoms with Gasteiger partial charge in [0.1, 0.15) is 10.6 Å². The molecule has 1 atom stereocenters. The smallest absolute Gasteiger partial charge is 0.229 e. The van der Waals surface area contributed by atoms with E-state index in [1.54, 1.807) is 7.11 Å². The number of nitrogens with zero attached hydrogens (tertiary/aromatic N) is 3. The molecule has 1 saturated heterocycles. The number of aromatic nitrogens is 2. The predicted octanol–water partition coefficient (Wildman–Crippen LogP) is 3.68. The van der Waals surface area contributed by atoms with Crippen molar-refractivity contribution >= 4 is 45.1 Å². The van der Waals surface area contributed by atoms with Gasteiger partial charge in [0, 0.05) is 26.1 Å². The van der Waals surface area contributed by atoms with Crippen molar-refractivity contribution in [3.63, 3.8) is 0 Å². The van der Waals surface area contributed by atoms with Crippen LogP contribution in [-0.4, -0.2) is 52.9 Å². The minimum atomic E-state index is -0.558. The molecule has 1 aliphatic heterocycles. The summed E-state index contributed by atoms with van der Waals surface area (Å²) in [4.78, 5) is 20.5. The topological polar surface area (TPSA) is 67.3 Å². The van der Waals surface area contributed by atoms with Crippen LogP contribution < -0.4 is 5.32 Å². The molecule has 3 rings (SSSR count). The van der Waals surface area contributed by atoms with Gasteiger partial charge in [0.15, 0.2) is 0 Å². The van der Waals surface area contributed by atoms with E-state index in [1.807, 2.05) is 30.9 Å². The number of carbonyl (C=O) groups is 1. The Morgan fingerprint density at radius 3 is 3.04 bits per heavy atom. The fourth-order valence-corrected chi connectivity index (χ4v) is 4.05. The Morgan fingerprint density at radius 1 is 1.50 bits per heavy atom. The molecule has 1 aliphatic rings. The van der Waals surface area contributed by atoms with Gasteiger partial charge >= 0.3 is 0 Å². The van der Waals surface area contributed by atoms with Gasteiger partial charge in [-0.1, -0.05) is 0 Å². The zero-order valence-corrected chi connectivity index (χ0v) is 17.0. The van der Waals surface area contributed by atoms with Crippen molar-refractivity contribution in [2.24, 2.45) is 5.41 Å². The minimum Gasteiger partial charge on any atom is -0.383 e. The number of rotatable bonds is 7. The van der Waals surface area contributed by atoms with Gasteiger partial charge in [-0.25, -0.2) is 4.98 Å². The van der Waals surface area contributed by atoms with Crippen LogP contribution in [0.15, 0.2) is 12.1 Å². The van der Waals surface area contributed by atoms with E-state index in [9.17, 15) is 4.79 Å². The highest BCUT2D eigenvalue weighted by Crippen LogP contribution is 2.36. The third kappa shape index (κ3) is 3.80. The van der Waals surface area contributed by atoms with Crippen molar-refractivity contribution in [1.82, 2.24) is 14.3 Å². The number of carbonyl (C=O) groups excluding carboxylic acids is 1. The van der Waals surface area contributed by atoms with E-state index in [1.165, 1.54) is 11.5 Å². The van der Waals surface area contributed by atoms with Crippen LogP contribution in [-0.2, 0) is 9.53 Å². The van der Waals surface area contributed by atoms with Crippen molar-refractivity contribution in [3.8, 4) is 0 Å². The lowest BCUT2D eigenvalue weighted by Gasteiger charge is -2.31. The summed E-state index contributed by atoms with van der Waals surface area (Å²) in [6.07, 6.45) is 1.92. The molecule has 2 aromatic rings. The van der Waals surface area contributed by atoms with Crippen LogP contribution in [0.4, 0.5) is 5.82 Å². The van der Waals surface area contributed by atoms with Crippen molar-refractivity contribution in [2.75, 3.05) is 38.0 Å². The molecule has 0 bridgehead atoms. The van der Waals surface area contributed by atoms with Crippen LogP contribution in [0.2, 0.25) is 0 Å². The molecule has 0 radical (unpaired) electrons. The number of fused-ring (bicyclic) bond motifs is 1. The monoisotopic (exact) mass is 396 g/mol. The Morgan fingerprint density at radius 2 is 2.31 bits per heavy atom. The van der Waals surface area contributed by atoms with E-state index < -0.39 is 5.41 Å². The molecule has 1 fully saturated rings. The first-order chi connectivity index (χ1) is 12.5. The predicted molar refractivity (Wildman–Crippen MR) is 106 cm³/mol. The highest BCUT2D eigenvalue weighted by atomic mass is 35.5. The third-order valence-corrected chi connectivity index (χ3v) is 6.15. The molecular formula is C18H25ClN4O2S. The highest BCUT2D eigenvalue weighted by Gasteiger charge is 2.38. The van der Waals surface area contributed by atoms with E-state index in [4.69, 9.17) is 21.3 Å². The maximum absolute atomic E-state index is 12.9. The van der Waals surface area contributed by atoms with Gasteiger partial charge in [-0.2, -0.15) is 4.37 Å². The lowest BCUT2D eigenvalue weighted by Crippen LogP contribution is -2.41. The third-order valence-electron chi connectivity index (χ3n) is 4.73. The second-order valence-electron chi connectivity index (χ2n) is 7.21. The van der Waals surface area contributed by atoms with Gasteiger partial charge in [0.25, 0.3) is 0 Å². The number of amides is 1. The number of hydrogen-bond donors (Lipinski definition) is 1. The number of nitrogens with one attached hydrogen (secondary N) is 1. The average molecular weight is 397 g/mol. The van der Waals surface area contributed by atoms with E-state index in [0.29, 0.717) is 19.0 Å². The van der Waals surface area contributed by atoms with Gasteiger partial charge < -0.3 is 15.0 Å². The summed E-state index contributed by atoms with van der Waals surface area (Å²) in [7, 11) is 1.68. The van der Waals surface area contributed by atoms with Crippen molar-refractivity contribution in [2.45, 2.75) is 32.7 Å². The van der Waals surface area contributed by atoms with Crippen LogP contribution >= 0.6 is 23.1 Å². The number of pyridine rings is 1. The molecule has 2 aromatic heterocycles. The number of likely N-dealkylation sites (tertiary alicyclic amines) is 1. The summed E-state index contributed by atoms with van der Waals surface area (Å²) in [6, 6.07) is 4.08. The molecule has 0 aliphatic carbocycles. The number of hydrogen-bond acceptors (Lipinski definition) is 6. The summed E-state index contributed by atoms with van der Waals surface area (Å²) in [5.74, 6) is 1.25. The lowest BCUT2D eigenvalue weighted by molar-refractivity contribution is -0.140. The zero-order chi connectivity index (χ0) is 18.7. The molecular weight excluding hydrogens is 372 g/mol. The SMILES string of the molecule is COCCNc1nsc2nc(C3CCCN3C(=O)C(C)(C)CCl)ccc12. The van der Waals surface area contributed by atoms with Crippen molar-refractivity contribution in [1.29, 1.82) is 0 Å². The molecule has 6 nitrogen and oxygen atoms in total. The maximum atomic E-state index is 12.9. The van der Waals surface area contributed by atoms with E-state index in [-0.39, 0.29) is 11.9 Å². The van der Waals surface area contributed by atoms with Crippen LogP contribution in [0.25, 0.3) is 10.2 Å². The number of ether oxygens (including phenoxy) is 1. The summed E-state index contributed by atoms with van der Waals surface area (Å²) in [5, 5.41) is 4.27. The minimum absolute atomic E-state index is 0.0152. The fourth-order valence-electron chi connectivity index (χ4n) is 3.19. The number of alkyl halides is 1. The van der Waals surface area contributed by atoms with Crippen LogP contribution in [0.1, 0.15) is 38.4 Å². The number of methoxy groups -OCH3 is 1. The largest absolute Gasteiger partial charge is 0.383 e. The Balaban J connectivity index is 1.82. The molecule has 0 saturated carbocycles. The molecule has 26 heavy (non-hydrogen) atoms. The molecule has 0 spiro atoms. The average Bonchev–Trinajstić information content (AvgIpc) is 3.28. The Hall–Kier alpha value is -1.44. The summed E-state index contributed by atoms with van der Waals surface area (Å²) < 4.78 is 9.52. The Labute approximate surface area is 163 Å². The van der Waals surface area contributed by atoms with Crippen LogP contribution in [0, 0.1) is 5.41 Å². The molecule has 1 unspecified atom stereocenters. The second kappa shape index (κ2) is 8.06. The fraction of sp³-hybridized carbons (Fsp3) is 0.611. The van der Waals surface area contributed by atoms with E-state index >= 15 is 0 Å². The summed E-state index contributed by atoms with van der Waals surface area (Å²) >= 11 is 7.38. The van der Waals surface area contributed by atoms with E-state index in [0.717, 1.165) is 41.1 Å². The number of halogens is 1. The first-order valence-electron chi connectivity index (χ1n) is 8.84. The number of anilines is 1.